The van der Waals surface area contributed by atoms with Crippen LogP contribution in [-0.4, -0.2) is 31.5 Å². The Morgan fingerprint density at radius 1 is 0.947 bits per heavy atom. The van der Waals surface area contributed by atoms with Gasteiger partial charge in [0.1, 0.15) is 5.75 Å². The number of hydrogen-bond acceptors (Lipinski definition) is 4. The van der Waals surface area contributed by atoms with Gasteiger partial charge < -0.3 is 14.6 Å². The Bertz CT molecular complexity index is 1800. The third kappa shape index (κ3) is 4.06. The number of carbonyl (C=O) groups is 1. The molecule has 0 fully saturated rings. The van der Waals surface area contributed by atoms with Crippen LogP contribution in [0.5, 0.6) is 5.75 Å². The van der Waals surface area contributed by atoms with Crippen LogP contribution in [0.15, 0.2) is 95.9 Å². The smallest absolute Gasteiger partial charge is 0.267 e. The van der Waals surface area contributed by atoms with E-state index in [0.29, 0.717) is 22.1 Å². The lowest BCUT2D eigenvalue weighted by atomic mass is 10.1. The zero-order valence-corrected chi connectivity index (χ0v) is 22.0. The highest BCUT2D eigenvalue weighted by Crippen LogP contribution is 2.37. The van der Waals surface area contributed by atoms with Crippen molar-refractivity contribution in [1.82, 2.24) is 4.57 Å². The maximum absolute atomic E-state index is 13.6. The van der Waals surface area contributed by atoms with Crippen molar-refractivity contribution >= 4 is 60.7 Å². The van der Waals surface area contributed by atoms with Gasteiger partial charge in [-0.25, -0.2) is 8.42 Å². The van der Waals surface area contributed by atoms with E-state index in [-0.39, 0.29) is 11.4 Å². The Kier molecular flexibility index (Phi) is 6.01. The topological polar surface area (TPSA) is 80.6 Å². The molecule has 0 spiro atoms. The minimum absolute atomic E-state index is 0.0792. The first-order valence-corrected chi connectivity index (χ1v) is 14.0. The van der Waals surface area contributed by atoms with Gasteiger partial charge in [-0.05, 0) is 67.6 Å². The van der Waals surface area contributed by atoms with Gasteiger partial charge in [-0.3, -0.25) is 9.10 Å². The Morgan fingerprint density at radius 3 is 2.45 bits per heavy atom. The van der Waals surface area contributed by atoms with Crippen molar-refractivity contribution in [3.05, 3.63) is 96.0 Å². The highest BCUT2D eigenvalue weighted by Gasteiger charge is 2.37. The van der Waals surface area contributed by atoms with Gasteiger partial charge in [0.2, 0.25) is 0 Å². The van der Waals surface area contributed by atoms with Crippen molar-refractivity contribution in [2.24, 2.45) is 0 Å². The molecule has 0 saturated heterocycles. The lowest BCUT2D eigenvalue weighted by molar-refractivity contribution is -0.122. The first-order chi connectivity index (χ1) is 18.4. The number of hydrogen-bond donors (Lipinski definition) is 1. The summed E-state index contributed by atoms with van der Waals surface area (Å²) in [7, 11) is -3.97. The van der Waals surface area contributed by atoms with E-state index in [2.05, 4.69) is 28.9 Å². The van der Waals surface area contributed by atoms with Crippen LogP contribution in [0.2, 0.25) is 5.02 Å². The molecular weight excluding hydrogens is 522 g/mol. The number of carbonyl (C=O) groups excluding carboxylic acids is 1. The number of fused-ring (bicyclic) bond motifs is 4. The first kappa shape index (κ1) is 24.3. The minimum atomic E-state index is -3.97. The highest BCUT2D eigenvalue weighted by atomic mass is 35.5. The molecule has 1 aliphatic rings. The molecule has 0 saturated carbocycles. The molecule has 1 amide bonds. The number of halogens is 1. The summed E-state index contributed by atoms with van der Waals surface area (Å²) in [5.41, 5.74) is 3.19. The minimum Gasteiger partial charge on any atom is -0.476 e. The van der Waals surface area contributed by atoms with Crippen molar-refractivity contribution in [2.75, 3.05) is 16.2 Å². The average Bonchev–Trinajstić information content (AvgIpc) is 3.25. The molecule has 1 atom stereocenters. The second-order valence-corrected chi connectivity index (χ2v) is 11.3. The summed E-state index contributed by atoms with van der Waals surface area (Å²) in [4.78, 5) is 13.5. The van der Waals surface area contributed by atoms with E-state index in [0.717, 1.165) is 28.4 Å². The molecule has 1 aliphatic heterocycles. The summed E-state index contributed by atoms with van der Waals surface area (Å²) in [6.45, 7) is 2.75. The maximum atomic E-state index is 13.6. The highest BCUT2D eigenvalue weighted by molar-refractivity contribution is 7.92. The summed E-state index contributed by atoms with van der Waals surface area (Å²) in [6.07, 6.45) is -1.06. The largest absolute Gasteiger partial charge is 0.476 e. The molecule has 4 aromatic carbocycles. The molecule has 0 unspecified atom stereocenters. The average molecular weight is 546 g/mol. The van der Waals surface area contributed by atoms with Gasteiger partial charge >= 0.3 is 0 Å². The van der Waals surface area contributed by atoms with Crippen LogP contribution < -0.4 is 14.4 Å². The van der Waals surface area contributed by atoms with Crippen LogP contribution in [0.25, 0.3) is 21.8 Å². The summed E-state index contributed by atoms with van der Waals surface area (Å²) >= 11 is 5.97. The van der Waals surface area contributed by atoms with E-state index in [1.165, 1.54) is 28.6 Å². The van der Waals surface area contributed by atoms with E-state index in [4.69, 9.17) is 16.3 Å². The zero-order valence-electron chi connectivity index (χ0n) is 20.5. The number of ether oxygens (including phenoxy) is 1. The molecule has 38 heavy (non-hydrogen) atoms. The van der Waals surface area contributed by atoms with Gasteiger partial charge in [0.25, 0.3) is 15.9 Å². The fraction of sp³-hybridized carbons (Fsp3) is 0.138. The predicted molar refractivity (Wildman–Crippen MR) is 151 cm³/mol. The van der Waals surface area contributed by atoms with Gasteiger partial charge in [0, 0.05) is 39.1 Å². The molecule has 0 bridgehead atoms. The number of nitrogens with one attached hydrogen (secondary N) is 1. The molecule has 5 aromatic rings. The van der Waals surface area contributed by atoms with Crippen molar-refractivity contribution in [1.29, 1.82) is 0 Å². The molecular formula is C29H24ClN3O4S. The first-order valence-electron chi connectivity index (χ1n) is 12.2. The van der Waals surface area contributed by atoms with Gasteiger partial charge in [-0.1, -0.05) is 41.9 Å². The van der Waals surface area contributed by atoms with Gasteiger partial charge in [0.15, 0.2) is 6.10 Å². The molecule has 6 rings (SSSR count). The Hall–Kier alpha value is -4.01. The number of para-hydroxylation sites is 3. The lowest BCUT2D eigenvalue weighted by Crippen LogP contribution is -2.48. The lowest BCUT2D eigenvalue weighted by Gasteiger charge is -2.34. The van der Waals surface area contributed by atoms with Crippen molar-refractivity contribution in [3.63, 3.8) is 0 Å². The molecule has 0 aliphatic carbocycles. The van der Waals surface area contributed by atoms with E-state index < -0.39 is 22.0 Å². The molecule has 1 aromatic heterocycles. The number of benzene rings is 4. The molecule has 192 valence electrons. The fourth-order valence-corrected chi connectivity index (χ4v) is 6.60. The van der Waals surface area contributed by atoms with Crippen molar-refractivity contribution in [2.45, 2.75) is 24.5 Å². The van der Waals surface area contributed by atoms with Crippen LogP contribution in [0.3, 0.4) is 0 Å². The van der Waals surface area contributed by atoms with Crippen LogP contribution in [0.1, 0.15) is 6.92 Å². The summed E-state index contributed by atoms with van der Waals surface area (Å²) in [6, 6.07) is 26.7. The Labute approximate surface area is 225 Å². The summed E-state index contributed by atoms with van der Waals surface area (Å²) < 4.78 is 36.6. The zero-order chi connectivity index (χ0) is 26.4. The monoisotopic (exact) mass is 545 g/mol. The standard InChI is InChI=1S/C29H24ClN3O4S/c1-2-32-24-8-4-3-7-22(24)23-17-20(13-16-25(23)32)31-29(34)28-18-33(26-9-5-6-10-27(26)37-28)38(35,36)21-14-11-19(30)12-15-21/h3-17,28H,2,18H2,1H3,(H,31,34)/t28-/m0/s1. The fourth-order valence-electron chi connectivity index (χ4n) is 5.00. The predicted octanol–water partition coefficient (Wildman–Crippen LogP) is 6.06. The third-order valence-electron chi connectivity index (χ3n) is 6.79. The SMILES string of the molecule is CCn1c2ccccc2c2cc(NC(=O)[C@@H]3CN(S(=O)(=O)c4ccc(Cl)cc4)c4ccccc4O3)ccc21. The molecule has 0 radical (unpaired) electrons. The molecule has 1 N–H and O–H groups in total. The van der Waals surface area contributed by atoms with Gasteiger partial charge in [0.05, 0.1) is 17.1 Å². The van der Waals surface area contributed by atoms with Crippen LogP contribution in [0, 0.1) is 0 Å². The molecule has 2 heterocycles. The van der Waals surface area contributed by atoms with Gasteiger partial charge in [-0.15, -0.1) is 0 Å². The second kappa shape index (κ2) is 9.38. The maximum Gasteiger partial charge on any atom is 0.267 e. The number of amides is 1. The van der Waals surface area contributed by atoms with Crippen LogP contribution in [0.4, 0.5) is 11.4 Å². The van der Waals surface area contributed by atoms with Crippen LogP contribution in [-0.2, 0) is 21.4 Å². The molecule has 9 heteroatoms. The van der Waals surface area contributed by atoms with Crippen LogP contribution >= 0.6 is 11.6 Å². The second-order valence-electron chi connectivity index (χ2n) is 9.05. The number of rotatable bonds is 5. The van der Waals surface area contributed by atoms with Crippen molar-refractivity contribution in [3.8, 4) is 5.75 Å². The summed E-state index contributed by atoms with van der Waals surface area (Å²) in [5.74, 6) is -0.118. The number of anilines is 2. The summed E-state index contributed by atoms with van der Waals surface area (Å²) in [5, 5.41) is 5.50. The van der Waals surface area contributed by atoms with Crippen molar-refractivity contribution < 1.29 is 17.9 Å². The van der Waals surface area contributed by atoms with E-state index in [1.54, 1.807) is 24.3 Å². The Balaban J connectivity index is 1.33. The Morgan fingerprint density at radius 2 is 1.66 bits per heavy atom. The normalized spacial score (nSPS) is 15.3. The number of aryl methyl sites for hydroxylation is 1. The van der Waals surface area contributed by atoms with E-state index >= 15 is 0 Å². The number of aromatic nitrogens is 1. The van der Waals surface area contributed by atoms with Gasteiger partial charge in [-0.2, -0.15) is 0 Å². The number of sulfonamides is 1. The third-order valence-corrected chi connectivity index (χ3v) is 8.83. The molecule has 7 nitrogen and oxygen atoms in total. The van der Waals surface area contributed by atoms with E-state index in [1.807, 2.05) is 30.3 Å². The number of nitrogens with zero attached hydrogens (tertiary/aromatic N) is 2. The van der Waals surface area contributed by atoms with E-state index in [9.17, 15) is 13.2 Å². The quantitative estimate of drug-likeness (QED) is 0.291.